The molecule has 2 atom stereocenters. The van der Waals surface area contributed by atoms with Crippen molar-refractivity contribution in [3.8, 4) is 0 Å². The standard InChI is InChI=1S/C12H21N4O5PS/c1-4-20-8(17)5-15-6-21-11(18)9-10(7(2)3)23-12(13)16(9)14-22(15)19/h7,12,22H,4-6,13H2,1-3H3,(H,14,19). The van der Waals surface area contributed by atoms with Crippen molar-refractivity contribution in [2.24, 2.45) is 11.7 Å². The summed E-state index contributed by atoms with van der Waals surface area (Å²) in [5.74, 6) is -1.02. The van der Waals surface area contributed by atoms with Crippen LogP contribution in [-0.4, -0.2) is 47.0 Å². The lowest BCUT2D eigenvalue weighted by atomic mass is 10.2. The molecule has 23 heavy (non-hydrogen) atoms. The molecule has 0 aliphatic carbocycles. The van der Waals surface area contributed by atoms with Gasteiger partial charge in [-0.3, -0.25) is 14.4 Å². The van der Waals surface area contributed by atoms with Gasteiger partial charge in [0.2, 0.25) is 8.10 Å². The maximum absolute atomic E-state index is 12.5. The van der Waals surface area contributed by atoms with E-state index >= 15 is 0 Å². The van der Waals surface area contributed by atoms with Crippen LogP contribution in [0.5, 0.6) is 0 Å². The molecule has 0 radical (unpaired) electrons. The molecule has 0 aromatic rings. The fourth-order valence-corrected chi connectivity index (χ4v) is 4.37. The van der Waals surface area contributed by atoms with Gasteiger partial charge in [0.05, 0.1) is 6.61 Å². The molecule has 0 aromatic heterocycles. The van der Waals surface area contributed by atoms with Gasteiger partial charge in [-0.05, 0) is 12.8 Å². The first-order valence-corrected chi connectivity index (χ1v) is 9.42. The monoisotopic (exact) mass is 364 g/mol. The van der Waals surface area contributed by atoms with Crippen LogP contribution in [-0.2, 0) is 23.6 Å². The van der Waals surface area contributed by atoms with Crippen molar-refractivity contribution in [1.29, 1.82) is 0 Å². The van der Waals surface area contributed by atoms with Crippen molar-refractivity contribution < 1.29 is 23.6 Å². The average molecular weight is 364 g/mol. The van der Waals surface area contributed by atoms with Gasteiger partial charge in [0.1, 0.15) is 12.0 Å². The van der Waals surface area contributed by atoms with E-state index in [0.29, 0.717) is 0 Å². The summed E-state index contributed by atoms with van der Waals surface area (Å²) >= 11 is 1.31. The first-order valence-electron chi connectivity index (χ1n) is 7.19. The second kappa shape index (κ2) is 7.67. The van der Waals surface area contributed by atoms with E-state index < -0.39 is 25.5 Å². The zero-order chi connectivity index (χ0) is 17.1. The number of thioether (sulfide) groups is 1. The van der Waals surface area contributed by atoms with Gasteiger partial charge in [-0.2, -0.15) is 9.87 Å². The molecule has 2 aliphatic heterocycles. The molecule has 2 aliphatic rings. The summed E-state index contributed by atoms with van der Waals surface area (Å²) in [6, 6.07) is 0. The SMILES string of the molecule is CCOC(=O)CN1COC(=O)C2=C(C(C)C)SC(N)N2N[PH]1=O. The number of carbonyl (C=O) groups excluding carboxylic acids is 2. The number of nitrogens with one attached hydrogen (secondary N) is 1. The number of nitrogens with zero attached hydrogens (tertiary/aromatic N) is 2. The second-order valence-electron chi connectivity index (χ2n) is 5.23. The molecule has 0 bridgehead atoms. The molecule has 0 amide bonds. The minimum absolute atomic E-state index is 0.0813. The summed E-state index contributed by atoms with van der Waals surface area (Å²) in [5.41, 5.74) is 5.69. The first-order chi connectivity index (χ1) is 10.8. The van der Waals surface area contributed by atoms with Crippen LogP contribution in [0.1, 0.15) is 20.8 Å². The Bertz CT molecular complexity index is 556. The molecular weight excluding hydrogens is 343 g/mol. The molecule has 1 saturated heterocycles. The quantitative estimate of drug-likeness (QED) is 0.537. The summed E-state index contributed by atoms with van der Waals surface area (Å²) < 4.78 is 23.7. The van der Waals surface area contributed by atoms with Crippen LogP contribution in [0, 0.1) is 5.92 Å². The Morgan fingerprint density at radius 1 is 1.61 bits per heavy atom. The number of hydrogen-bond donors (Lipinski definition) is 2. The number of ether oxygens (including phenoxy) is 2. The third kappa shape index (κ3) is 4.07. The number of rotatable bonds is 4. The molecule has 9 nitrogen and oxygen atoms in total. The van der Waals surface area contributed by atoms with E-state index in [1.807, 2.05) is 13.8 Å². The van der Waals surface area contributed by atoms with Crippen LogP contribution in [0.2, 0.25) is 0 Å². The average Bonchev–Trinajstić information content (AvgIpc) is 2.79. The van der Waals surface area contributed by atoms with Gasteiger partial charge in [0.15, 0.2) is 12.4 Å². The van der Waals surface area contributed by atoms with E-state index in [2.05, 4.69) is 5.20 Å². The van der Waals surface area contributed by atoms with E-state index in [1.165, 1.54) is 21.4 Å². The molecular formula is C12H21N4O5PS. The smallest absolute Gasteiger partial charge is 0.358 e. The van der Waals surface area contributed by atoms with Crippen molar-refractivity contribution in [2.45, 2.75) is 26.3 Å². The lowest BCUT2D eigenvalue weighted by molar-refractivity contribution is -0.150. The summed E-state index contributed by atoms with van der Waals surface area (Å²) in [4.78, 5) is 24.7. The molecule has 0 spiro atoms. The summed E-state index contributed by atoms with van der Waals surface area (Å²) in [6.07, 6.45) is 0. The number of fused-ring (bicyclic) bond motifs is 1. The number of cyclic esters (lactones) is 1. The van der Waals surface area contributed by atoms with E-state index in [9.17, 15) is 14.2 Å². The van der Waals surface area contributed by atoms with Crippen LogP contribution in [0.3, 0.4) is 0 Å². The minimum Gasteiger partial charge on any atom is -0.465 e. The van der Waals surface area contributed by atoms with Crippen molar-refractivity contribution in [3.05, 3.63) is 10.6 Å². The summed E-state index contributed by atoms with van der Waals surface area (Å²) in [6.45, 7) is 5.28. The highest BCUT2D eigenvalue weighted by Gasteiger charge is 2.40. The van der Waals surface area contributed by atoms with Gasteiger partial charge in [0.25, 0.3) is 0 Å². The second-order valence-corrected chi connectivity index (χ2v) is 7.85. The lowest BCUT2D eigenvalue weighted by Crippen LogP contribution is -2.48. The molecule has 3 N–H and O–H groups in total. The summed E-state index contributed by atoms with van der Waals surface area (Å²) in [7, 11) is -2.61. The predicted octanol–water partition coefficient (Wildman–Crippen LogP) is 0.419. The van der Waals surface area contributed by atoms with Crippen LogP contribution in [0.4, 0.5) is 0 Å². The summed E-state index contributed by atoms with van der Waals surface area (Å²) in [5, 5.41) is 4.10. The van der Waals surface area contributed by atoms with Crippen molar-refractivity contribution in [1.82, 2.24) is 14.9 Å². The molecule has 0 aromatic carbocycles. The maximum atomic E-state index is 12.5. The zero-order valence-electron chi connectivity index (χ0n) is 13.2. The Morgan fingerprint density at radius 3 is 2.91 bits per heavy atom. The number of hydrazine groups is 1. The fraction of sp³-hybridized carbons (Fsp3) is 0.667. The Morgan fingerprint density at radius 2 is 2.30 bits per heavy atom. The van der Waals surface area contributed by atoms with Crippen LogP contribution in [0.15, 0.2) is 10.6 Å². The first kappa shape index (κ1) is 18.3. The lowest BCUT2D eigenvalue weighted by Gasteiger charge is -2.31. The molecule has 0 saturated carbocycles. The van der Waals surface area contributed by atoms with E-state index in [4.69, 9.17) is 15.2 Å². The van der Waals surface area contributed by atoms with Crippen molar-refractivity contribution >= 4 is 31.8 Å². The van der Waals surface area contributed by atoms with Gasteiger partial charge >= 0.3 is 11.9 Å². The van der Waals surface area contributed by atoms with Gasteiger partial charge in [-0.1, -0.05) is 25.6 Å². The third-order valence-electron chi connectivity index (χ3n) is 3.17. The fourth-order valence-electron chi connectivity index (χ4n) is 2.13. The molecule has 11 heteroatoms. The molecule has 2 heterocycles. The Balaban J connectivity index is 2.20. The topological polar surface area (TPSA) is 114 Å². The van der Waals surface area contributed by atoms with Gasteiger partial charge in [-0.15, -0.1) is 0 Å². The van der Waals surface area contributed by atoms with Crippen LogP contribution in [0.25, 0.3) is 0 Å². The maximum Gasteiger partial charge on any atom is 0.358 e. The number of hydrogen-bond acceptors (Lipinski definition) is 8. The Kier molecular flexibility index (Phi) is 6.10. The highest BCUT2D eigenvalue weighted by Crippen LogP contribution is 2.42. The van der Waals surface area contributed by atoms with Crippen molar-refractivity contribution in [3.63, 3.8) is 0 Å². The normalized spacial score (nSPS) is 26.0. The Labute approximate surface area is 139 Å². The van der Waals surface area contributed by atoms with Crippen LogP contribution >= 0.6 is 19.9 Å². The number of carbonyl (C=O) groups is 2. The third-order valence-corrected chi connectivity index (χ3v) is 5.84. The molecule has 2 rings (SSSR count). The van der Waals surface area contributed by atoms with E-state index in [-0.39, 0.29) is 31.5 Å². The highest BCUT2D eigenvalue weighted by molar-refractivity contribution is 8.03. The number of allylic oxidation sites excluding steroid dienone is 1. The van der Waals surface area contributed by atoms with Crippen LogP contribution < -0.4 is 10.9 Å². The van der Waals surface area contributed by atoms with E-state index in [1.54, 1.807) is 6.92 Å². The zero-order valence-corrected chi connectivity index (χ0v) is 15.0. The van der Waals surface area contributed by atoms with Gasteiger partial charge in [-0.25, -0.2) is 4.79 Å². The van der Waals surface area contributed by atoms with E-state index in [0.717, 1.165) is 4.91 Å². The molecule has 2 unspecified atom stereocenters. The van der Waals surface area contributed by atoms with Gasteiger partial charge < -0.3 is 15.2 Å². The number of esters is 2. The molecule has 1 fully saturated rings. The Hall–Kier alpha value is -1.06. The highest BCUT2D eigenvalue weighted by atomic mass is 32.2. The van der Waals surface area contributed by atoms with Crippen molar-refractivity contribution in [2.75, 3.05) is 19.9 Å². The van der Waals surface area contributed by atoms with Gasteiger partial charge in [0, 0.05) is 4.91 Å². The minimum atomic E-state index is -2.61. The molecule has 130 valence electrons. The number of nitrogens with two attached hydrogens (primary N) is 1. The predicted molar refractivity (Wildman–Crippen MR) is 85.7 cm³/mol. The largest absolute Gasteiger partial charge is 0.465 e.